The molecule has 1 atom stereocenters. The van der Waals surface area contributed by atoms with E-state index in [2.05, 4.69) is 4.98 Å². The zero-order chi connectivity index (χ0) is 14.4. The van der Waals surface area contributed by atoms with Crippen molar-refractivity contribution in [2.24, 2.45) is 0 Å². The van der Waals surface area contributed by atoms with E-state index in [1.54, 1.807) is 12.3 Å². The Kier molecular flexibility index (Phi) is 5.01. The summed E-state index contributed by atoms with van der Waals surface area (Å²) in [5.41, 5.74) is 7.17. The Morgan fingerprint density at radius 2 is 2.05 bits per heavy atom. The van der Waals surface area contributed by atoms with Crippen LogP contribution in [0.25, 0.3) is 0 Å². The SMILES string of the molecule is COC(=O)C(CSc1ccc(N)cn1)c1ccccc1. The number of nitrogen functional groups attached to an aromatic ring is 1. The molecule has 0 bridgehead atoms. The first-order valence-corrected chi connectivity index (χ1v) is 7.16. The second-order valence-electron chi connectivity index (χ2n) is 4.23. The van der Waals surface area contributed by atoms with Gasteiger partial charge in [-0.05, 0) is 17.7 Å². The van der Waals surface area contributed by atoms with Gasteiger partial charge in [0.1, 0.15) is 0 Å². The zero-order valence-corrected chi connectivity index (χ0v) is 12.0. The Morgan fingerprint density at radius 3 is 2.65 bits per heavy atom. The van der Waals surface area contributed by atoms with Gasteiger partial charge in [-0.1, -0.05) is 30.3 Å². The second-order valence-corrected chi connectivity index (χ2v) is 5.27. The molecule has 0 saturated carbocycles. The minimum Gasteiger partial charge on any atom is -0.469 e. The number of benzene rings is 1. The van der Waals surface area contributed by atoms with Crippen molar-refractivity contribution in [1.29, 1.82) is 0 Å². The average Bonchev–Trinajstić information content (AvgIpc) is 2.50. The quantitative estimate of drug-likeness (QED) is 0.677. The third-order valence-corrected chi connectivity index (χ3v) is 3.88. The van der Waals surface area contributed by atoms with Crippen molar-refractivity contribution >= 4 is 23.4 Å². The van der Waals surface area contributed by atoms with E-state index < -0.39 is 0 Å². The van der Waals surface area contributed by atoms with Crippen LogP contribution in [-0.2, 0) is 9.53 Å². The lowest BCUT2D eigenvalue weighted by Gasteiger charge is -2.14. The lowest BCUT2D eigenvalue weighted by molar-refractivity contribution is -0.141. The van der Waals surface area contributed by atoms with Gasteiger partial charge in [-0.25, -0.2) is 4.98 Å². The van der Waals surface area contributed by atoms with Gasteiger partial charge < -0.3 is 10.5 Å². The molecule has 1 aromatic carbocycles. The van der Waals surface area contributed by atoms with Crippen molar-refractivity contribution in [3.63, 3.8) is 0 Å². The number of methoxy groups -OCH3 is 1. The Morgan fingerprint density at radius 1 is 1.30 bits per heavy atom. The second kappa shape index (κ2) is 6.96. The van der Waals surface area contributed by atoms with Crippen molar-refractivity contribution < 1.29 is 9.53 Å². The third-order valence-electron chi connectivity index (χ3n) is 2.84. The number of nitrogens with zero attached hydrogens (tertiary/aromatic N) is 1. The number of carbonyl (C=O) groups is 1. The maximum Gasteiger partial charge on any atom is 0.313 e. The Hall–Kier alpha value is -2.01. The molecule has 2 N–H and O–H groups in total. The first-order valence-electron chi connectivity index (χ1n) is 6.18. The molecule has 0 saturated heterocycles. The number of esters is 1. The van der Waals surface area contributed by atoms with Gasteiger partial charge in [-0.3, -0.25) is 4.79 Å². The van der Waals surface area contributed by atoms with Gasteiger partial charge in [-0.15, -0.1) is 11.8 Å². The number of aromatic nitrogens is 1. The van der Waals surface area contributed by atoms with Crippen LogP contribution in [0.15, 0.2) is 53.7 Å². The van der Waals surface area contributed by atoms with Crippen LogP contribution >= 0.6 is 11.8 Å². The highest BCUT2D eigenvalue weighted by Gasteiger charge is 2.21. The summed E-state index contributed by atoms with van der Waals surface area (Å²) in [4.78, 5) is 16.1. The summed E-state index contributed by atoms with van der Waals surface area (Å²) >= 11 is 1.51. The van der Waals surface area contributed by atoms with E-state index in [1.165, 1.54) is 18.9 Å². The summed E-state index contributed by atoms with van der Waals surface area (Å²) < 4.78 is 4.88. The molecule has 2 rings (SSSR count). The molecule has 104 valence electrons. The van der Waals surface area contributed by atoms with Crippen molar-refractivity contribution in [2.75, 3.05) is 18.6 Å². The highest BCUT2D eigenvalue weighted by Crippen LogP contribution is 2.26. The van der Waals surface area contributed by atoms with E-state index >= 15 is 0 Å². The molecule has 20 heavy (non-hydrogen) atoms. The van der Waals surface area contributed by atoms with Crippen molar-refractivity contribution in [1.82, 2.24) is 4.98 Å². The predicted molar refractivity (Wildman–Crippen MR) is 80.6 cm³/mol. The first-order chi connectivity index (χ1) is 9.70. The van der Waals surface area contributed by atoms with Crippen LogP contribution in [0.5, 0.6) is 0 Å². The van der Waals surface area contributed by atoms with Crippen molar-refractivity contribution in [2.45, 2.75) is 10.9 Å². The van der Waals surface area contributed by atoms with E-state index in [0.717, 1.165) is 10.6 Å². The minimum atomic E-state index is -0.300. The van der Waals surface area contributed by atoms with E-state index in [1.807, 2.05) is 36.4 Å². The lowest BCUT2D eigenvalue weighted by Crippen LogP contribution is -2.16. The number of nitrogens with two attached hydrogens (primary N) is 1. The summed E-state index contributed by atoms with van der Waals surface area (Å²) in [6.45, 7) is 0. The zero-order valence-electron chi connectivity index (χ0n) is 11.2. The number of hydrogen-bond acceptors (Lipinski definition) is 5. The standard InChI is InChI=1S/C15H16N2O2S/c1-19-15(18)13(11-5-3-2-4-6-11)10-20-14-8-7-12(16)9-17-14/h2-9,13H,10,16H2,1H3. The van der Waals surface area contributed by atoms with Gasteiger partial charge >= 0.3 is 5.97 Å². The van der Waals surface area contributed by atoms with Crippen LogP contribution in [0.3, 0.4) is 0 Å². The predicted octanol–water partition coefficient (Wildman–Crippen LogP) is 2.71. The normalized spacial score (nSPS) is 11.8. The Balaban J connectivity index is 2.09. The van der Waals surface area contributed by atoms with Crippen molar-refractivity contribution in [3.8, 4) is 0 Å². The first kappa shape index (κ1) is 14.4. The van der Waals surface area contributed by atoms with Gasteiger partial charge in [-0.2, -0.15) is 0 Å². The third kappa shape index (κ3) is 3.74. The van der Waals surface area contributed by atoms with Crippen LogP contribution in [-0.4, -0.2) is 23.8 Å². The molecule has 1 unspecified atom stereocenters. The fourth-order valence-corrected chi connectivity index (χ4v) is 2.73. The van der Waals surface area contributed by atoms with E-state index in [-0.39, 0.29) is 11.9 Å². The Labute approximate surface area is 122 Å². The van der Waals surface area contributed by atoms with Crippen LogP contribution in [0.2, 0.25) is 0 Å². The molecular formula is C15H16N2O2S. The number of rotatable bonds is 5. The topological polar surface area (TPSA) is 65.2 Å². The maximum atomic E-state index is 11.9. The molecular weight excluding hydrogens is 272 g/mol. The molecule has 0 aliphatic rings. The van der Waals surface area contributed by atoms with Gasteiger partial charge in [0.25, 0.3) is 0 Å². The fraction of sp³-hybridized carbons (Fsp3) is 0.200. The number of thioether (sulfide) groups is 1. The van der Waals surface area contributed by atoms with Crippen LogP contribution in [0, 0.1) is 0 Å². The minimum absolute atomic E-state index is 0.237. The summed E-state index contributed by atoms with van der Waals surface area (Å²) in [5.74, 6) is 0.0397. The highest BCUT2D eigenvalue weighted by molar-refractivity contribution is 7.99. The molecule has 4 nitrogen and oxygen atoms in total. The highest BCUT2D eigenvalue weighted by atomic mass is 32.2. The number of anilines is 1. The molecule has 1 aromatic heterocycles. The molecule has 2 aromatic rings. The van der Waals surface area contributed by atoms with Gasteiger partial charge in [0, 0.05) is 5.75 Å². The fourth-order valence-electron chi connectivity index (χ4n) is 1.77. The van der Waals surface area contributed by atoms with E-state index in [9.17, 15) is 4.79 Å². The van der Waals surface area contributed by atoms with Gasteiger partial charge in [0.15, 0.2) is 0 Å². The molecule has 0 radical (unpaired) electrons. The summed E-state index contributed by atoms with van der Waals surface area (Å²) in [7, 11) is 1.41. The number of hydrogen-bond donors (Lipinski definition) is 1. The summed E-state index contributed by atoms with van der Waals surface area (Å²) in [6.07, 6.45) is 1.61. The van der Waals surface area contributed by atoms with E-state index in [0.29, 0.717) is 11.4 Å². The average molecular weight is 288 g/mol. The van der Waals surface area contributed by atoms with Gasteiger partial charge in [0.05, 0.1) is 29.9 Å². The van der Waals surface area contributed by atoms with Crippen LogP contribution < -0.4 is 5.73 Å². The van der Waals surface area contributed by atoms with Crippen molar-refractivity contribution in [3.05, 3.63) is 54.2 Å². The number of ether oxygens (including phenoxy) is 1. The smallest absolute Gasteiger partial charge is 0.313 e. The summed E-state index contributed by atoms with van der Waals surface area (Å²) in [6, 6.07) is 13.3. The van der Waals surface area contributed by atoms with Crippen LogP contribution in [0.1, 0.15) is 11.5 Å². The number of pyridine rings is 1. The molecule has 5 heteroatoms. The van der Waals surface area contributed by atoms with Gasteiger partial charge in [0.2, 0.25) is 0 Å². The maximum absolute atomic E-state index is 11.9. The molecule has 0 fully saturated rings. The number of carbonyl (C=O) groups excluding carboxylic acids is 1. The largest absolute Gasteiger partial charge is 0.469 e. The monoisotopic (exact) mass is 288 g/mol. The van der Waals surface area contributed by atoms with Crippen LogP contribution in [0.4, 0.5) is 5.69 Å². The molecule has 0 amide bonds. The summed E-state index contributed by atoms with van der Waals surface area (Å²) in [5, 5.41) is 0.837. The molecule has 1 heterocycles. The molecule has 0 aliphatic carbocycles. The molecule has 0 spiro atoms. The lowest BCUT2D eigenvalue weighted by atomic mass is 10.0. The Bertz CT molecular complexity index is 558. The molecule has 0 aliphatic heterocycles. The van der Waals surface area contributed by atoms with E-state index in [4.69, 9.17) is 10.5 Å².